The van der Waals surface area contributed by atoms with Crippen LogP contribution in [-0.4, -0.2) is 41.2 Å². The van der Waals surface area contributed by atoms with Crippen LogP contribution in [-0.2, 0) is 6.18 Å². The van der Waals surface area contributed by atoms with Gasteiger partial charge in [0.05, 0.1) is 5.56 Å². The fourth-order valence-corrected chi connectivity index (χ4v) is 2.45. The van der Waals surface area contributed by atoms with Gasteiger partial charge in [-0.1, -0.05) is 0 Å². The summed E-state index contributed by atoms with van der Waals surface area (Å²) in [5.74, 6) is -0.992. The van der Waals surface area contributed by atoms with Crippen molar-refractivity contribution in [2.24, 2.45) is 5.73 Å². The van der Waals surface area contributed by atoms with Crippen molar-refractivity contribution in [3.05, 3.63) is 23.4 Å². The van der Waals surface area contributed by atoms with E-state index in [0.717, 1.165) is 6.07 Å². The zero-order valence-corrected chi connectivity index (χ0v) is 11.9. The van der Waals surface area contributed by atoms with Gasteiger partial charge in [0, 0.05) is 19.1 Å². The molecule has 23 heavy (non-hydrogen) atoms. The number of pyridine rings is 1. The molecule has 1 aliphatic rings. The van der Waals surface area contributed by atoms with Gasteiger partial charge in [0.25, 0.3) is 5.91 Å². The predicted octanol–water partition coefficient (Wildman–Crippen LogP) is 1.44. The maximum atomic E-state index is 12.8. The van der Waals surface area contributed by atoms with Gasteiger partial charge in [0.1, 0.15) is 11.5 Å². The molecule has 0 radical (unpaired) electrons. The predicted molar refractivity (Wildman–Crippen MR) is 74.2 cm³/mol. The monoisotopic (exact) mass is 332 g/mol. The molecule has 1 aromatic rings. The molecule has 0 atom stereocenters. The van der Waals surface area contributed by atoms with Gasteiger partial charge in [-0.25, -0.2) is 9.78 Å². The Morgan fingerprint density at radius 3 is 2.39 bits per heavy atom. The Labute approximate surface area is 129 Å². The van der Waals surface area contributed by atoms with Gasteiger partial charge in [0.15, 0.2) is 0 Å². The summed E-state index contributed by atoms with van der Waals surface area (Å²) < 4.78 is 38.4. The molecule has 126 valence electrons. The molecule has 1 fully saturated rings. The van der Waals surface area contributed by atoms with E-state index in [2.05, 4.69) is 10.3 Å². The van der Waals surface area contributed by atoms with Crippen molar-refractivity contribution in [2.45, 2.75) is 25.1 Å². The van der Waals surface area contributed by atoms with Crippen LogP contribution in [0.15, 0.2) is 12.1 Å². The number of primary amides is 1. The van der Waals surface area contributed by atoms with Crippen LogP contribution in [0.4, 0.5) is 23.8 Å². The first kappa shape index (κ1) is 16.8. The highest BCUT2D eigenvalue weighted by Gasteiger charge is 2.34. The molecule has 0 bridgehead atoms. The van der Waals surface area contributed by atoms with Crippen LogP contribution in [0.3, 0.4) is 0 Å². The molecular formula is C13H15F3N4O3. The molecular weight excluding hydrogens is 317 g/mol. The first-order valence-corrected chi connectivity index (χ1v) is 6.81. The lowest BCUT2D eigenvalue weighted by Crippen LogP contribution is -2.45. The second kappa shape index (κ2) is 6.31. The summed E-state index contributed by atoms with van der Waals surface area (Å²) in [6.07, 6.45) is -5.00. The third kappa shape index (κ3) is 4.02. The van der Waals surface area contributed by atoms with Crippen LogP contribution in [0.2, 0.25) is 0 Å². The van der Waals surface area contributed by atoms with E-state index in [1.807, 2.05) is 0 Å². The zero-order chi connectivity index (χ0) is 17.2. The summed E-state index contributed by atoms with van der Waals surface area (Å²) in [7, 11) is 0. The number of amides is 2. The average Bonchev–Trinajstić information content (AvgIpc) is 2.45. The molecule has 2 rings (SSSR count). The minimum absolute atomic E-state index is 0.0948. The number of carboxylic acid groups (broad SMARTS) is 1. The molecule has 0 saturated carbocycles. The van der Waals surface area contributed by atoms with Crippen molar-refractivity contribution < 1.29 is 27.9 Å². The third-order valence-electron chi connectivity index (χ3n) is 3.55. The Morgan fingerprint density at radius 2 is 1.91 bits per heavy atom. The fourth-order valence-electron chi connectivity index (χ4n) is 2.45. The van der Waals surface area contributed by atoms with E-state index >= 15 is 0 Å². The second-order valence-corrected chi connectivity index (χ2v) is 5.14. The topological polar surface area (TPSA) is 109 Å². The number of carbonyl (C=O) groups excluding carboxylic acids is 1. The molecule has 4 N–H and O–H groups in total. The zero-order valence-electron chi connectivity index (χ0n) is 11.9. The number of anilines is 1. The van der Waals surface area contributed by atoms with E-state index in [1.165, 1.54) is 4.90 Å². The number of nitrogens with two attached hydrogens (primary N) is 1. The molecule has 0 aliphatic carbocycles. The smallest absolute Gasteiger partial charge is 0.433 e. The Morgan fingerprint density at radius 1 is 1.30 bits per heavy atom. The summed E-state index contributed by atoms with van der Waals surface area (Å²) >= 11 is 0. The quantitative estimate of drug-likeness (QED) is 0.776. The molecule has 0 spiro atoms. The summed E-state index contributed by atoms with van der Waals surface area (Å²) in [5.41, 5.74) is 3.99. The van der Waals surface area contributed by atoms with Gasteiger partial charge in [-0.05, 0) is 25.0 Å². The number of hydrogen-bond acceptors (Lipinski definition) is 4. The van der Waals surface area contributed by atoms with Crippen molar-refractivity contribution in [2.75, 3.05) is 18.0 Å². The SMILES string of the molecule is NC(=O)c1ccc(C(F)(F)F)nc1N1CCC(NC(=O)O)CC1. The minimum Gasteiger partial charge on any atom is -0.465 e. The first-order chi connectivity index (χ1) is 10.7. The van der Waals surface area contributed by atoms with Crippen molar-refractivity contribution >= 4 is 17.8 Å². The van der Waals surface area contributed by atoms with Gasteiger partial charge < -0.3 is 21.1 Å². The van der Waals surface area contributed by atoms with Crippen molar-refractivity contribution in [1.82, 2.24) is 10.3 Å². The first-order valence-electron chi connectivity index (χ1n) is 6.81. The maximum absolute atomic E-state index is 12.8. The normalized spacial score (nSPS) is 16.2. The van der Waals surface area contributed by atoms with E-state index in [-0.39, 0.29) is 30.5 Å². The van der Waals surface area contributed by atoms with Crippen molar-refractivity contribution in [3.63, 3.8) is 0 Å². The van der Waals surface area contributed by atoms with Crippen molar-refractivity contribution in [3.8, 4) is 0 Å². The highest BCUT2D eigenvalue weighted by atomic mass is 19.4. The van der Waals surface area contributed by atoms with Crippen LogP contribution in [0, 0.1) is 0 Å². The lowest BCUT2D eigenvalue weighted by atomic mass is 10.0. The van der Waals surface area contributed by atoms with Gasteiger partial charge in [0.2, 0.25) is 0 Å². The summed E-state index contributed by atoms with van der Waals surface area (Å²) in [5, 5.41) is 11.0. The molecule has 1 aromatic heterocycles. The number of carbonyl (C=O) groups is 2. The minimum atomic E-state index is -4.63. The largest absolute Gasteiger partial charge is 0.465 e. The Kier molecular flexibility index (Phi) is 4.62. The number of nitrogens with one attached hydrogen (secondary N) is 1. The van der Waals surface area contributed by atoms with Crippen LogP contribution in [0.5, 0.6) is 0 Å². The summed E-state index contributed by atoms with van der Waals surface area (Å²) in [4.78, 5) is 27.1. The number of piperidine rings is 1. The number of alkyl halides is 3. The molecule has 0 unspecified atom stereocenters. The summed E-state index contributed by atoms with van der Waals surface area (Å²) in [6, 6.07) is 1.43. The summed E-state index contributed by atoms with van der Waals surface area (Å²) in [6.45, 7) is 0.527. The highest BCUT2D eigenvalue weighted by Crippen LogP contribution is 2.31. The number of rotatable bonds is 3. The number of hydrogen-bond donors (Lipinski definition) is 3. The fraction of sp³-hybridized carbons (Fsp3) is 0.462. The molecule has 2 amide bonds. The molecule has 2 heterocycles. The molecule has 0 aromatic carbocycles. The number of nitrogens with zero attached hydrogens (tertiary/aromatic N) is 2. The van der Waals surface area contributed by atoms with Crippen LogP contribution in [0.1, 0.15) is 28.9 Å². The number of halogens is 3. The molecule has 1 saturated heterocycles. The van der Waals surface area contributed by atoms with Crippen LogP contribution >= 0.6 is 0 Å². The van der Waals surface area contributed by atoms with Crippen LogP contribution in [0.25, 0.3) is 0 Å². The Hall–Kier alpha value is -2.52. The van der Waals surface area contributed by atoms with Crippen LogP contribution < -0.4 is 16.0 Å². The number of aromatic nitrogens is 1. The van der Waals surface area contributed by atoms with Gasteiger partial charge in [-0.2, -0.15) is 13.2 Å². The van der Waals surface area contributed by atoms with E-state index in [0.29, 0.717) is 18.9 Å². The van der Waals surface area contributed by atoms with E-state index < -0.39 is 23.9 Å². The molecule has 10 heteroatoms. The average molecular weight is 332 g/mol. The molecule has 1 aliphatic heterocycles. The van der Waals surface area contributed by atoms with Crippen molar-refractivity contribution in [1.29, 1.82) is 0 Å². The Bertz CT molecular complexity index is 613. The van der Waals surface area contributed by atoms with E-state index in [1.54, 1.807) is 0 Å². The molecule has 7 nitrogen and oxygen atoms in total. The lowest BCUT2D eigenvalue weighted by Gasteiger charge is -2.33. The van der Waals surface area contributed by atoms with Gasteiger partial charge in [-0.3, -0.25) is 4.79 Å². The second-order valence-electron chi connectivity index (χ2n) is 5.14. The third-order valence-corrected chi connectivity index (χ3v) is 3.55. The highest BCUT2D eigenvalue weighted by molar-refractivity contribution is 5.97. The lowest BCUT2D eigenvalue weighted by molar-refractivity contribution is -0.141. The Balaban J connectivity index is 2.24. The van der Waals surface area contributed by atoms with E-state index in [9.17, 15) is 22.8 Å². The maximum Gasteiger partial charge on any atom is 0.433 e. The standard InChI is InChI=1S/C13H15F3N4O3/c14-13(15,16)9-2-1-8(10(17)21)11(19-9)20-5-3-7(4-6-20)18-12(22)23/h1-2,7,18H,3-6H2,(H2,17,21)(H,22,23). The van der Waals surface area contributed by atoms with Gasteiger partial charge in [-0.15, -0.1) is 0 Å². The van der Waals surface area contributed by atoms with E-state index in [4.69, 9.17) is 10.8 Å². The van der Waals surface area contributed by atoms with Gasteiger partial charge >= 0.3 is 12.3 Å².